The molecule has 0 radical (unpaired) electrons. The minimum Gasteiger partial charge on any atom is -0.393 e. The molecule has 0 aliphatic heterocycles. The fourth-order valence-corrected chi connectivity index (χ4v) is 6.63. The van der Waals surface area contributed by atoms with Crippen molar-refractivity contribution in [3.63, 3.8) is 0 Å². The minimum absolute atomic E-state index is 0.250. The van der Waals surface area contributed by atoms with Crippen LogP contribution in [0.1, 0.15) is 71.6 Å². The predicted octanol–water partition coefficient (Wildman–Crippen LogP) is 5.09. The van der Waals surface area contributed by atoms with Crippen molar-refractivity contribution in [2.24, 2.45) is 29.1 Å². The van der Waals surface area contributed by atoms with Crippen LogP contribution in [0, 0.1) is 29.1 Å². The Morgan fingerprint density at radius 3 is 2.60 bits per heavy atom. The van der Waals surface area contributed by atoms with Crippen molar-refractivity contribution in [1.29, 1.82) is 0 Å². The Kier molecular flexibility index (Phi) is 6.44. The van der Waals surface area contributed by atoms with Crippen molar-refractivity contribution in [3.05, 3.63) is 47.6 Å². The van der Waals surface area contributed by atoms with Gasteiger partial charge in [-0.25, -0.2) is 0 Å². The Labute approximate surface area is 182 Å². The highest BCUT2D eigenvalue weighted by Gasteiger charge is 2.50. The lowest BCUT2D eigenvalue weighted by Crippen LogP contribution is -2.35. The molecule has 7 atom stereocenters. The van der Waals surface area contributed by atoms with Crippen LogP contribution in [0.3, 0.4) is 0 Å². The molecule has 4 aliphatic carbocycles. The molecule has 0 heterocycles. The van der Waals surface area contributed by atoms with E-state index in [-0.39, 0.29) is 6.10 Å². The molecule has 4 aliphatic rings. The summed E-state index contributed by atoms with van der Waals surface area (Å²) >= 11 is 0. The molecule has 3 nitrogen and oxygen atoms in total. The van der Waals surface area contributed by atoms with Gasteiger partial charge in [0.15, 0.2) is 0 Å². The number of aliphatic hydroxyl groups is 3. The van der Waals surface area contributed by atoms with Gasteiger partial charge in [-0.15, -0.1) is 0 Å². The summed E-state index contributed by atoms with van der Waals surface area (Å²) in [7, 11) is 0. The monoisotopic (exact) mass is 412 g/mol. The first-order valence-electron chi connectivity index (χ1n) is 12.1. The van der Waals surface area contributed by atoms with Crippen molar-refractivity contribution in [3.8, 4) is 0 Å². The molecule has 166 valence electrons. The molecule has 3 heteroatoms. The number of hydrogen-bond donors (Lipinski definition) is 3. The van der Waals surface area contributed by atoms with Crippen LogP contribution in [0.25, 0.3) is 0 Å². The van der Waals surface area contributed by atoms with E-state index in [1.54, 1.807) is 0 Å². The van der Waals surface area contributed by atoms with Crippen LogP contribution in [0.15, 0.2) is 47.6 Å². The second kappa shape index (κ2) is 8.76. The van der Waals surface area contributed by atoms with E-state index in [1.165, 1.54) is 44.1 Å². The molecule has 6 unspecified atom stereocenters. The lowest BCUT2D eigenvalue weighted by Gasteiger charge is -2.44. The Morgan fingerprint density at radius 2 is 1.87 bits per heavy atom. The van der Waals surface area contributed by atoms with E-state index in [0.29, 0.717) is 41.9 Å². The van der Waals surface area contributed by atoms with Crippen LogP contribution in [0.5, 0.6) is 0 Å². The van der Waals surface area contributed by atoms with Gasteiger partial charge in [-0.3, -0.25) is 0 Å². The van der Waals surface area contributed by atoms with Gasteiger partial charge < -0.3 is 15.3 Å². The first-order chi connectivity index (χ1) is 14.3. The number of rotatable bonds is 5. The van der Waals surface area contributed by atoms with Crippen molar-refractivity contribution in [2.75, 3.05) is 0 Å². The largest absolute Gasteiger partial charge is 0.393 e. The average Bonchev–Trinajstić information content (AvgIpc) is 3.49. The average molecular weight is 413 g/mol. The number of fused-ring (bicyclic) bond motifs is 1. The third-order valence-electron chi connectivity index (χ3n) is 8.65. The van der Waals surface area contributed by atoms with E-state index >= 15 is 0 Å². The van der Waals surface area contributed by atoms with Crippen LogP contribution in [-0.4, -0.2) is 33.6 Å². The van der Waals surface area contributed by atoms with Crippen molar-refractivity contribution in [1.82, 2.24) is 0 Å². The van der Waals surface area contributed by atoms with E-state index in [4.69, 9.17) is 0 Å². The molecule has 0 spiro atoms. The first kappa shape index (κ1) is 22.0. The third-order valence-corrected chi connectivity index (χ3v) is 8.65. The second-order valence-electron chi connectivity index (χ2n) is 10.7. The molecule has 4 rings (SSSR count). The summed E-state index contributed by atoms with van der Waals surface area (Å²) in [5.74, 6) is 2.28. The summed E-state index contributed by atoms with van der Waals surface area (Å²) in [4.78, 5) is 0. The van der Waals surface area contributed by atoms with Crippen LogP contribution in [0.4, 0.5) is 0 Å². The molecule has 0 amide bonds. The lowest BCUT2D eigenvalue weighted by atomic mass is 9.61. The van der Waals surface area contributed by atoms with E-state index in [2.05, 4.69) is 44.7 Å². The maximum absolute atomic E-state index is 10.2. The highest BCUT2D eigenvalue weighted by molar-refractivity contribution is 5.38. The molecule has 4 saturated carbocycles. The highest BCUT2D eigenvalue weighted by atomic mass is 16.3. The summed E-state index contributed by atoms with van der Waals surface area (Å²) in [6.45, 7) is 8.88. The van der Waals surface area contributed by atoms with Gasteiger partial charge in [-0.05, 0) is 91.6 Å². The molecule has 0 saturated heterocycles. The molecule has 3 N–H and O–H groups in total. The fourth-order valence-electron chi connectivity index (χ4n) is 6.63. The van der Waals surface area contributed by atoms with Crippen LogP contribution >= 0.6 is 0 Å². The Hall–Kier alpha value is -1.16. The quantitative estimate of drug-likeness (QED) is 0.551. The smallest absolute Gasteiger partial charge is 0.0811 e. The van der Waals surface area contributed by atoms with Crippen molar-refractivity contribution >= 4 is 0 Å². The van der Waals surface area contributed by atoms with Gasteiger partial charge in [0.2, 0.25) is 0 Å². The van der Waals surface area contributed by atoms with Crippen LogP contribution in [-0.2, 0) is 0 Å². The standard InChI is InChI=1S/C27H40O3/c1-17(6-13-25(29)20-8-9-20)23-11-12-24-19(5-4-14-27(23,24)3)7-10-21-15-22(28)16-26(30)18(21)2/h6-7,10,13,17,20,22-26,28-30H,2,4-5,8-9,11-12,14-16H2,1,3H3/t17?,22?,23?,24?,25?,26?,27-/m0/s1. The highest BCUT2D eigenvalue weighted by Crippen LogP contribution is 2.59. The Morgan fingerprint density at radius 1 is 1.10 bits per heavy atom. The Balaban J connectivity index is 1.48. The summed E-state index contributed by atoms with van der Waals surface area (Å²) in [6.07, 6.45) is 16.9. The van der Waals surface area contributed by atoms with Gasteiger partial charge in [0.05, 0.1) is 18.3 Å². The molecule has 0 bridgehead atoms. The molecule has 30 heavy (non-hydrogen) atoms. The van der Waals surface area contributed by atoms with Crippen molar-refractivity contribution < 1.29 is 15.3 Å². The normalized spacial score (nSPS) is 42.1. The van der Waals surface area contributed by atoms with Crippen LogP contribution in [0.2, 0.25) is 0 Å². The molecule has 4 fully saturated rings. The van der Waals surface area contributed by atoms with Crippen LogP contribution < -0.4 is 0 Å². The summed E-state index contributed by atoms with van der Waals surface area (Å²) < 4.78 is 0. The summed E-state index contributed by atoms with van der Waals surface area (Å²) in [5, 5.41) is 30.4. The van der Waals surface area contributed by atoms with E-state index < -0.39 is 12.2 Å². The zero-order valence-electron chi connectivity index (χ0n) is 18.8. The zero-order valence-corrected chi connectivity index (χ0v) is 18.8. The molecular weight excluding hydrogens is 372 g/mol. The minimum atomic E-state index is -0.621. The maximum atomic E-state index is 10.2. The molecule has 0 aromatic heterocycles. The predicted molar refractivity (Wildman–Crippen MR) is 122 cm³/mol. The van der Waals surface area contributed by atoms with E-state index in [9.17, 15) is 15.3 Å². The zero-order chi connectivity index (χ0) is 21.5. The Bertz CT molecular complexity index is 743. The topological polar surface area (TPSA) is 60.7 Å². The second-order valence-corrected chi connectivity index (χ2v) is 10.7. The molecule has 0 aromatic carbocycles. The lowest BCUT2D eigenvalue weighted by molar-refractivity contribution is 0.0862. The van der Waals surface area contributed by atoms with Gasteiger partial charge in [0.1, 0.15) is 0 Å². The van der Waals surface area contributed by atoms with E-state index in [1.807, 2.05) is 0 Å². The van der Waals surface area contributed by atoms with Gasteiger partial charge >= 0.3 is 0 Å². The number of allylic oxidation sites excluding steroid dienone is 4. The molecular formula is C27H40O3. The van der Waals surface area contributed by atoms with Gasteiger partial charge in [-0.1, -0.05) is 50.3 Å². The van der Waals surface area contributed by atoms with Gasteiger partial charge in [0, 0.05) is 6.42 Å². The van der Waals surface area contributed by atoms with Gasteiger partial charge in [-0.2, -0.15) is 0 Å². The maximum Gasteiger partial charge on any atom is 0.0811 e. The SMILES string of the molecule is C=C1C(=CC=C2CCC[C@]3(C)C2CCC3C(C)C=CC(O)C2CC2)CC(O)CC1O. The fraction of sp³-hybridized carbons (Fsp3) is 0.704. The van der Waals surface area contributed by atoms with E-state index in [0.717, 1.165) is 17.6 Å². The number of hydrogen-bond acceptors (Lipinski definition) is 3. The summed E-state index contributed by atoms with van der Waals surface area (Å²) in [6, 6.07) is 0. The number of aliphatic hydroxyl groups excluding tert-OH is 3. The van der Waals surface area contributed by atoms with Crippen molar-refractivity contribution in [2.45, 2.75) is 89.9 Å². The van der Waals surface area contributed by atoms with Gasteiger partial charge in [0.25, 0.3) is 0 Å². The summed E-state index contributed by atoms with van der Waals surface area (Å²) in [5.41, 5.74) is 3.63. The molecule has 0 aromatic rings. The third kappa shape index (κ3) is 4.40. The first-order valence-corrected chi connectivity index (χ1v) is 12.1.